The molecule has 1 atom stereocenters. The van der Waals surface area contributed by atoms with Crippen molar-refractivity contribution in [3.8, 4) is 22.9 Å². The molecule has 0 saturated carbocycles. The van der Waals surface area contributed by atoms with Crippen molar-refractivity contribution >= 4 is 0 Å². The number of aryl methyl sites for hydroxylation is 1. The maximum atomic E-state index is 6.11. The summed E-state index contributed by atoms with van der Waals surface area (Å²) in [5.74, 6) is 2.14. The van der Waals surface area contributed by atoms with Gasteiger partial charge in [0.2, 0.25) is 0 Å². The maximum Gasteiger partial charge on any atom is 0.163 e. The molecule has 110 valence electrons. The first-order valence-corrected chi connectivity index (χ1v) is 7.06. The van der Waals surface area contributed by atoms with Crippen LogP contribution in [0.25, 0.3) is 11.4 Å². The van der Waals surface area contributed by atoms with E-state index < -0.39 is 0 Å². The third-order valence-electron chi connectivity index (χ3n) is 3.88. The summed E-state index contributed by atoms with van der Waals surface area (Å²) in [7, 11) is 3.28. The lowest BCUT2D eigenvalue weighted by Crippen LogP contribution is -2.19. The van der Waals surface area contributed by atoms with Crippen molar-refractivity contribution in [1.29, 1.82) is 0 Å². The Bertz CT molecular complexity index is 658. The lowest BCUT2D eigenvalue weighted by Gasteiger charge is -2.21. The molecule has 2 N–H and O–H groups in total. The van der Waals surface area contributed by atoms with Crippen LogP contribution in [0.5, 0.6) is 11.5 Å². The monoisotopic (exact) mass is 285 g/mol. The fourth-order valence-electron chi connectivity index (χ4n) is 2.70. The maximum absolute atomic E-state index is 6.11. The SMILES string of the molecule is COc1ccc(OC)c(-c2ncc3c(n2)CCCC3N)c1. The standard InChI is InChI=1S/C16H19N3O2/c1-20-10-6-7-15(21-2)11(8-10)16-18-9-12-13(17)4-3-5-14(12)19-16/h6-9,13H,3-5,17H2,1-2H3. The van der Waals surface area contributed by atoms with Crippen LogP contribution in [0.1, 0.15) is 30.1 Å². The smallest absolute Gasteiger partial charge is 0.163 e. The van der Waals surface area contributed by atoms with Crippen LogP contribution in [-0.4, -0.2) is 24.2 Å². The first-order valence-electron chi connectivity index (χ1n) is 7.06. The summed E-state index contributed by atoms with van der Waals surface area (Å²) >= 11 is 0. The van der Waals surface area contributed by atoms with Crippen molar-refractivity contribution in [3.05, 3.63) is 35.7 Å². The van der Waals surface area contributed by atoms with Gasteiger partial charge in [0.15, 0.2) is 5.82 Å². The Morgan fingerprint density at radius 3 is 2.86 bits per heavy atom. The number of hydrogen-bond donors (Lipinski definition) is 1. The largest absolute Gasteiger partial charge is 0.497 e. The molecule has 0 radical (unpaired) electrons. The van der Waals surface area contributed by atoms with E-state index >= 15 is 0 Å². The van der Waals surface area contributed by atoms with Gasteiger partial charge in [-0.05, 0) is 37.5 Å². The first-order chi connectivity index (χ1) is 10.2. The van der Waals surface area contributed by atoms with E-state index in [0.29, 0.717) is 5.82 Å². The quantitative estimate of drug-likeness (QED) is 0.938. The number of nitrogens with zero attached hydrogens (tertiary/aromatic N) is 2. The van der Waals surface area contributed by atoms with Crippen LogP contribution in [0, 0.1) is 0 Å². The molecule has 0 bridgehead atoms. The summed E-state index contributed by atoms with van der Waals surface area (Å²) in [6.07, 6.45) is 4.86. The second-order valence-electron chi connectivity index (χ2n) is 5.16. The lowest BCUT2D eigenvalue weighted by molar-refractivity contribution is 0.404. The minimum atomic E-state index is 0.0509. The summed E-state index contributed by atoms with van der Waals surface area (Å²) in [5, 5.41) is 0. The van der Waals surface area contributed by atoms with Crippen LogP contribution >= 0.6 is 0 Å². The number of benzene rings is 1. The zero-order valence-electron chi connectivity index (χ0n) is 12.3. The predicted octanol–water partition coefficient (Wildman–Crippen LogP) is 2.50. The van der Waals surface area contributed by atoms with Crippen molar-refractivity contribution in [2.45, 2.75) is 25.3 Å². The molecule has 1 aromatic heterocycles. The molecule has 1 aliphatic carbocycles. The van der Waals surface area contributed by atoms with E-state index in [0.717, 1.165) is 47.6 Å². The van der Waals surface area contributed by atoms with E-state index in [1.165, 1.54) is 0 Å². The molecule has 1 aliphatic rings. The predicted molar refractivity (Wildman–Crippen MR) is 80.4 cm³/mol. The molecule has 21 heavy (non-hydrogen) atoms. The summed E-state index contributed by atoms with van der Waals surface area (Å²) < 4.78 is 10.7. The molecular weight excluding hydrogens is 266 g/mol. The second-order valence-corrected chi connectivity index (χ2v) is 5.16. The molecule has 0 spiro atoms. The van der Waals surface area contributed by atoms with Gasteiger partial charge in [-0.25, -0.2) is 9.97 Å². The highest BCUT2D eigenvalue weighted by molar-refractivity contribution is 5.66. The second kappa shape index (κ2) is 5.69. The Labute approximate surface area is 124 Å². The van der Waals surface area contributed by atoms with Gasteiger partial charge in [0.1, 0.15) is 11.5 Å². The normalized spacial score (nSPS) is 17.2. The van der Waals surface area contributed by atoms with Gasteiger partial charge in [-0.3, -0.25) is 0 Å². The highest BCUT2D eigenvalue weighted by Gasteiger charge is 2.20. The highest BCUT2D eigenvalue weighted by atomic mass is 16.5. The Balaban J connectivity index is 2.08. The number of ether oxygens (including phenoxy) is 2. The van der Waals surface area contributed by atoms with Gasteiger partial charge in [-0.15, -0.1) is 0 Å². The first kappa shape index (κ1) is 13.8. The van der Waals surface area contributed by atoms with Gasteiger partial charge in [0.25, 0.3) is 0 Å². The minimum Gasteiger partial charge on any atom is -0.497 e. The number of fused-ring (bicyclic) bond motifs is 1. The van der Waals surface area contributed by atoms with Crippen molar-refractivity contribution < 1.29 is 9.47 Å². The van der Waals surface area contributed by atoms with Gasteiger partial charge >= 0.3 is 0 Å². The average Bonchev–Trinajstić information content (AvgIpc) is 2.54. The highest BCUT2D eigenvalue weighted by Crippen LogP contribution is 2.33. The number of aromatic nitrogens is 2. The number of rotatable bonds is 3. The van der Waals surface area contributed by atoms with E-state index in [4.69, 9.17) is 20.2 Å². The van der Waals surface area contributed by atoms with Crippen LogP contribution in [0.2, 0.25) is 0 Å². The van der Waals surface area contributed by atoms with Crippen LogP contribution < -0.4 is 15.2 Å². The summed E-state index contributed by atoms with van der Waals surface area (Å²) in [4.78, 5) is 9.16. The van der Waals surface area contributed by atoms with Crippen molar-refractivity contribution in [2.24, 2.45) is 5.73 Å². The fraction of sp³-hybridized carbons (Fsp3) is 0.375. The fourth-order valence-corrected chi connectivity index (χ4v) is 2.70. The Kier molecular flexibility index (Phi) is 3.75. The van der Waals surface area contributed by atoms with E-state index in [9.17, 15) is 0 Å². The van der Waals surface area contributed by atoms with Crippen LogP contribution in [-0.2, 0) is 6.42 Å². The molecule has 0 fully saturated rings. The van der Waals surface area contributed by atoms with Crippen molar-refractivity contribution in [3.63, 3.8) is 0 Å². The number of nitrogens with two attached hydrogens (primary N) is 1. The Morgan fingerprint density at radius 1 is 1.24 bits per heavy atom. The molecule has 5 heteroatoms. The van der Waals surface area contributed by atoms with Gasteiger partial charge in [0, 0.05) is 23.5 Å². The van der Waals surface area contributed by atoms with Gasteiger partial charge in [-0.2, -0.15) is 0 Å². The van der Waals surface area contributed by atoms with Gasteiger partial charge in [0.05, 0.1) is 19.8 Å². The molecule has 1 aromatic carbocycles. The molecular formula is C16H19N3O2. The Morgan fingerprint density at radius 2 is 2.10 bits per heavy atom. The molecule has 0 saturated heterocycles. The molecule has 2 aromatic rings. The van der Waals surface area contributed by atoms with Crippen molar-refractivity contribution in [2.75, 3.05) is 14.2 Å². The summed E-state index contributed by atoms with van der Waals surface area (Å²) in [6.45, 7) is 0. The third-order valence-corrected chi connectivity index (χ3v) is 3.88. The minimum absolute atomic E-state index is 0.0509. The molecule has 1 heterocycles. The van der Waals surface area contributed by atoms with Crippen LogP contribution in [0.15, 0.2) is 24.4 Å². The number of hydrogen-bond acceptors (Lipinski definition) is 5. The molecule has 5 nitrogen and oxygen atoms in total. The van der Waals surface area contributed by atoms with Gasteiger partial charge in [-0.1, -0.05) is 0 Å². The molecule has 1 unspecified atom stereocenters. The molecule has 3 rings (SSSR count). The van der Waals surface area contributed by atoms with Crippen molar-refractivity contribution in [1.82, 2.24) is 9.97 Å². The van der Waals surface area contributed by atoms with E-state index in [-0.39, 0.29) is 6.04 Å². The average molecular weight is 285 g/mol. The van der Waals surface area contributed by atoms with Gasteiger partial charge < -0.3 is 15.2 Å². The van der Waals surface area contributed by atoms with Crippen LogP contribution in [0.3, 0.4) is 0 Å². The van der Waals surface area contributed by atoms with E-state index in [1.54, 1.807) is 14.2 Å². The summed E-state index contributed by atoms with van der Waals surface area (Å²) in [5.41, 5.74) is 9.05. The Hall–Kier alpha value is -2.14. The van der Waals surface area contributed by atoms with E-state index in [2.05, 4.69) is 4.98 Å². The molecule has 0 aliphatic heterocycles. The zero-order valence-corrected chi connectivity index (χ0v) is 12.3. The topological polar surface area (TPSA) is 70.3 Å². The third kappa shape index (κ3) is 2.56. The number of methoxy groups -OCH3 is 2. The van der Waals surface area contributed by atoms with Crippen LogP contribution in [0.4, 0.5) is 0 Å². The summed E-state index contributed by atoms with van der Waals surface area (Å²) in [6, 6.07) is 5.66. The zero-order chi connectivity index (χ0) is 14.8. The molecule has 0 amide bonds. The van der Waals surface area contributed by atoms with E-state index in [1.807, 2.05) is 24.4 Å². The lowest BCUT2D eigenvalue weighted by atomic mass is 9.93.